The number of carbonyl (C=O) groups excluding carboxylic acids is 1. The van der Waals surface area contributed by atoms with Crippen molar-refractivity contribution in [2.75, 3.05) is 13.1 Å². The summed E-state index contributed by atoms with van der Waals surface area (Å²) >= 11 is 0. The molecule has 3 aliphatic carbocycles. The fraction of sp³-hybridized carbons (Fsp3) is 0.696. The smallest absolute Gasteiger partial charge is 0.353 e. The van der Waals surface area contributed by atoms with Gasteiger partial charge in [0.05, 0.1) is 10.5 Å². The molecular weight excluding hydrogens is 441 g/mol. The highest BCUT2D eigenvalue weighted by Gasteiger charge is 2.54. The number of hydrogen-bond donors (Lipinski definition) is 1. The van der Waals surface area contributed by atoms with Crippen LogP contribution in [0.4, 0.5) is 13.2 Å². The van der Waals surface area contributed by atoms with Gasteiger partial charge in [-0.05, 0) is 74.3 Å². The van der Waals surface area contributed by atoms with E-state index in [2.05, 4.69) is 5.32 Å². The van der Waals surface area contributed by atoms with Gasteiger partial charge in [0.25, 0.3) is 0 Å². The highest BCUT2D eigenvalue weighted by Crippen LogP contribution is 2.58. The van der Waals surface area contributed by atoms with Gasteiger partial charge in [0.15, 0.2) is 0 Å². The molecule has 9 heteroatoms. The van der Waals surface area contributed by atoms with Gasteiger partial charge in [-0.25, -0.2) is 8.42 Å². The van der Waals surface area contributed by atoms with Crippen molar-refractivity contribution in [3.63, 3.8) is 0 Å². The molecule has 1 heterocycles. The molecule has 0 radical (unpaired) electrons. The molecule has 1 amide bonds. The number of fused-ring (bicyclic) bond motifs is 5. The van der Waals surface area contributed by atoms with Gasteiger partial charge in [0.1, 0.15) is 0 Å². The van der Waals surface area contributed by atoms with Crippen LogP contribution in [0.3, 0.4) is 0 Å². The molecule has 1 aromatic carbocycles. The maximum Gasteiger partial charge on any atom is 0.417 e. The maximum atomic E-state index is 13.3. The zero-order valence-corrected chi connectivity index (χ0v) is 18.7. The van der Waals surface area contributed by atoms with Gasteiger partial charge in [-0.3, -0.25) is 4.79 Å². The lowest BCUT2D eigenvalue weighted by molar-refractivity contribution is -0.139. The molecule has 0 spiro atoms. The molecule has 1 aliphatic heterocycles. The van der Waals surface area contributed by atoms with Gasteiger partial charge in [-0.2, -0.15) is 17.5 Å². The first-order chi connectivity index (χ1) is 15.2. The number of nitrogens with one attached hydrogen (secondary N) is 1. The lowest BCUT2D eigenvalue weighted by Gasteiger charge is -2.35. The summed E-state index contributed by atoms with van der Waals surface area (Å²) in [6, 6.07) is 4.50. The van der Waals surface area contributed by atoms with Gasteiger partial charge in [0.2, 0.25) is 15.9 Å². The number of rotatable bonds is 4. The number of amides is 1. The second kappa shape index (κ2) is 8.01. The van der Waals surface area contributed by atoms with Crippen LogP contribution in [0, 0.1) is 29.6 Å². The lowest BCUT2D eigenvalue weighted by Crippen LogP contribution is -2.48. The minimum absolute atomic E-state index is 0.0233. The van der Waals surface area contributed by atoms with E-state index >= 15 is 0 Å². The number of carbonyl (C=O) groups is 1. The topological polar surface area (TPSA) is 66.5 Å². The first-order valence-corrected chi connectivity index (χ1v) is 13.1. The normalized spacial score (nSPS) is 33.4. The van der Waals surface area contributed by atoms with Gasteiger partial charge in [-0.1, -0.05) is 18.6 Å². The van der Waals surface area contributed by atoms with E-state index in [0.29, 0.717) is 18.8 Å². The third-order valence-electron chi connectivity index (χ3n) is 8.39. The van der Waals surface area contributed by atoms with Crippen molar-refractivity contribution in [1.29, 1.82) is 0 Å². The Morgan fingerprint density at radius 3 is 2.38 bits per heavy atom. The third kappa shape index (κ3) is 3.75. The highest BCUT2D eigenvalue weighted by molar-refractivity contribution is 7.89. The first kappa shape index (κ1) is 22.2. The van der Waals surface area contributed by atoms with Crippen LogP contribution in [-0.2, 0) is 21.0 Å². The molecule has 4 aliphatic rings. The van der Waals surface area contributed by atoms with Crippen LogP contribution < -0.4 is 5.32 Å². The Morgan fingerprint density at radius 2 is 1.66 bits per heavy atom. The van der Waals surface area contributed by atoms with Crippen LogP contribution in [-0.4, -0.2) is 37.8 Å². The van der Waals surface area contributed by atoms with Gasteiger partial charge in [-0.15, -0.1) is 0 Å². The summed E-state index contributed by atoms with van der Waals surface area (Å²) in [6.45, 7) is 0.0993. The van der Waals surface area contributed by atoms with Crippen LogP contribution in [0.1, 0.15) is 50.5 Å². The zero-order valence-electron chi connectivity index (χ0n) is 17.9. The van der Waals surface area contributed by atoms with Crippen molar-refractivity contribution in [3.05, 3.63) is 29.8 Å². The molecule has 5 atom stereocenters. The molecule has 176 valence electrons. The summed E-state index contributed by atoms with van der Waals surface area (Å²) < 4.78 is 66.9. The summed E-state index contributed by atoms with van der Waals surface area (Å²) in [4.78, 5) is 12.2. The molecule has 2 bridgehead atoms. The van der Waals surface area contributed by atoms with Crippen molar-refractivity contribution in [2.45, 2.75) is 62.1 Å². The summed E-state index contributed by atoms with van der Waals surface area (Å²) in [6.07, 6.45) is 2.08. The Bertz CT molecular complexity index is 988. The number of sulfonamides is 1. The Kier molecular flexibility index (Phi) is 5.55. The van der Waals surface area contributed by atoms with Crippen molar-refractivity contribution >= 4 is 15.9 Å². The van der Waals surface area contributed by atoms with Crippen molar-refractivity contribution in [1.82, 2.24) is 9.62 Å². The number of nitrogens with zero attached hydrogens (tertiary/aromatic N) is 1. The Morgan fingerprint density at radius 1 is 0.969 bits per heavy atom. The molecule has 1 saturated heterocycles. The van der Waals surface area contributed by atoms with E-state index in [1.807, 2.05) is 0 Å². The van der Waals surface area contributed by atoms with Gasteiger partial charge >= 0.3 is 6.18 Å². The molecule has 32 heavy (non-hydrogen) atoms. The van der Waals surface area contributed by atoms with E-state index in [9.17, 15) is 26.4 Å². The second-order valence-electron chi connectivity index (χ2n) is 9.94. The predicted octanol–water partition coefficient (Wildman–Crippen LogP) is 4.05. The van der Waals surface area contributed by atoms with Crippen LogP contribution in [0.2, 0.25) is 0 Å². The van der Waals surface area contributed by atoms with E-state index in [0.717, 1.165) is 40.6 Å². The van der Waals surface area contributed by atoms with E-state index in [1.165, 1.54) is 37.8 Å². The third-order valence-corrected chi connectivity index (χ3v) is 10.3. The van der Waals surface area contributed by atoms with Crippen molar-refractivity contribution in [2.24, 2.45) is 29.6 Å². The quantitative estimate of drug-likeness (QED) is 0.722. The van der Waals surface area contributed by atoms with Crippen molar-refractivity contribution in [3.8, 4) is 0 Å². The standard InChI is InChI=1S/C23H29F3N2O3S/c24-23(25,26)19-6-1-2-7-21(19)32(30,31)28-10-8-14(9-11-28)22(29)27-20-13-15-12-18(20)17-5-3-4-16(15)17/h1-2,6-7,14-18,20H,3-5,8-13H2,(H,27,29)/t15-,16-,17-,18+,20-/m1/s1. The summed E-state index contributed by atoms with van der Waals surface area (Å²) in [7, 11) is -4.28. The van der Waals surface area contributed by atoms with E-state index in [4.69, 9.17) is 0 Å². The lowest BCUT2D eigenvalue weighted by atomic mass is 9.79. The maximum absolute atomic E-state index is 13.3. The van der Waals surface area contributed by atoms with Crippen LogP contribution >= 0.6 is 0 Å². The number of halogens is 3. The second-order valence-corrected chi connectivity index (χ2v) is 11.8. The fourth-order valence-corrected chi connectivity index (χ4v) is 8.64. The average molecular weight is 471 g/mol. The van der Waals surface area contributed by atoms with Crippen LogP contribution in [0.25, 0.3) is 0 Å². The number of piperidine rings is 1. The molecular formula is C23H29F3N2O3S. The monoisotopic (exact) mass is 470 g/mol. The molecule has 0 unspecified atom stereocenters. The SMILES string of the molecule is O=C(N[C@@H]1C[C@H]2C[C@H]1[C@@H]1CCC[C@H]21)C1CCN(S(=O)(=O)c2ccccc2C(F)(F)F)CC1. The summed E-state index contributed by atoms with van der Waals surface area (Å²) in [5.74, 6) is 2.60. The molecule has 0 aromatic heterocycles. The number of hydrogen-bond acceptors (Lipinski definition) is 3. The fourth-order valence-electron chi connectivity index (χ4n) is 6.96. The molecule has 1 N–H and O–H groups in total. The Labute approximate surface area is 186 Å². The molecule has 4 fully saturated rings. The molecule has 1 aromatic rings. The van der Waals surface area contributed by atoms with Gasteiger partial charge < -0.3 is 5.32 Å². The highest BCUT2D eigenvalue weighted by atomic mass is 32.2. The zero-order chi connectivity index (χ0) is 22.7. The van der Waals surface area contributed by atoms with E-state index < -0.39 is 26.7 Å². The molecule has 3 saturated carbocycles. The van der Waals surface area contributed by atoms with E-state index in [-0.39, 0.29) is 31.0 Å². The predicted molar refractivity (Wildman–Crippen MR) is 112 cm³/mol. The van der Waals surface area contributed by atoms with E-state index in [1.54, 1.807) is 0 Å². The Balaban J connectivity index is 1.21. The number of benzene rings is 1. The van der Waals surface area contributed by atoms with Crippen molar-refractivity contribution < 1.29 is 26.4 Å². The Hall–Kier alpha value is -1.61. The average Bonchev–Trinajstić information content (AvgIpc) is 3.47. The summed E-state index contributed by atoms with van der Waals surface area (Å²) in [5, 5.41) is 3.25. The minimum Gasteiger partial charge on any atom is -0.353 e. The number of alkyl halides is 3. The molecule has 5 rings (SSSR count). The van der Waals surface area contributed by atoms with Crippen LogP contribution in [0.5, 0.6) is 0 Å². The largest absolute Gasteiger partial charge is 0.417 e. The summed E-state index contributed by atoms with van der Waals surface area (Å²) in [5.41, 5.74) is -1.15. The molecule has 5 nitrogen and oxygen atoms in total. The minimum atomic E-state index is -4.75. The van der Waals surface area contributed by atoms with Crippen LogP contribution in [0.15, 0.2) is 29.2 Å². The van der Waals surface area contributed by atoms with Gasteiger partial charge in [0, 0.05) is 25.0 Å². The first-order valence-electron chi connectivity index (χ1n) is 11.6.